The Hall–Kier alpha value is -4.00. The fourth-order valence-corrected chi connectivity index (χ4v) is 3.86. The van der Waals surface area contributed by atoms with Crippen LogP contribution in [0.4, 0.5) is 25.8 Å². The second-order valence-electron chi connectivity index (χ2n) is 8.18. The number of aryl methyl sites for hydroxylation is 2. The zero-order chi connectivity index (χ0) is 23.9. The molecule has 4 rings (SSSR count). The van der Waals surface area contributed by atoms with Gasteiger partial charge in [0, 0.05) is 31.5 Å². The number of halogens is 2. The Morgan fingerprint density at radius 3 is 2.15 bits per heavy atom. The van der Waals surface area contributed by atoms with Crippen LogP contribution < -0.4 is 15.1 Å². The van der Waals surface area contributed by atoms with Gasteiger partial charge in [0.2, 0.25) is 0 Å². The molecule has 33 heavy (non-hydrogen) atoms. The fourth-order valence-electron chi connectivity index (χ4n) is 3.86. The molecule has 1 heterocycles. The molecule has 0 fully saturated rings. The summed E-state index contributed by atoms with van der Waals surface area (Å²) in [6, 6.07) is 15.6. The van der Waals surface area contributed by atoms with Crippen LogP contribution in [0.5, 0.6) is 0 Å². The van der Waals surface area contributed by atoms with Gasteiger partial charge in [0.15, 0.2) is 0 Å². The van der Waals surface area contributed by atoms with Crippen LogP contribution in [0.15, 0.2) is 66.4 Å². The second-order valence-corrected chi connectivity index (χ2v) is 8.18. The standard InChI is InChI=1S/C26H23F2N3O2/c1-15-5-11-20(16(2)13-15)23-24(29-18-7-9-19(10-8-18)30(3)4)26(33)31(25(23)32)22-12-6-17(27)14-21(22)28/h5-14,29H,1-4H3. The van der Waals surface area contributed by atoms with Crippen molar-refractivity contribution in [2.75, 3.05) is 29.2 Å². The minimum Gasteiger partial charge on any atom is -0.378 e. The first-order valence-corrected chi connectivity index (χ1v) is 10.4. The lowest BCUT2D eigenvalue weighted by atomic mass is 9.97. The van der Waals surface area contributed by atoms with Gasteiger partial charge in [-0.25, -0.2) is 13.7 Å². The third-order valence-corrected chi connectivity index (χ3v) is 5.54. The van der Waals surface area contributed by atoms with Gasteiger partial charge in [-0.1, -0.05) is 23.8 Å². The Labute approximate surface area is 190 Å². The van der Waals surface area contributed by atoms with E-state index >= 15 is 0 Å². The van der Waals surface area contributed by atoms with Crippen LogP contribution in [0, 0.1) is 25.5 Å². The molecule has 0 radical (unpaired) electrons. The number of carbonyl (C=O) groups excluding carboxylic acids is 2. The molecule has 2 amide bonds. The quantitative estimate of drug-likeness (QED) is 0.557. The summed E-state index contributed by atoms with van der Waals surface area (Å²) in [5.74, 6) is -3.17. The highest BCUT2D eigenvalue weighted by molar-refractivity contribution is 6.46. The number of nitrogens with one attached hydrogen (secondary N) is 1. The predicted octanol–water partition coefficient (Wildman–Crippen LogP) is 5.04. The van der Waals surface area contributed by atoms with E-state index < -0.39 is 23.4 Å². The van der Waals surface area contributed by atoms with Gasteiger partial charge < -0.3 is 10.2 Å². The molecule has 3 aromatic carbocycles. The van der Waals surface area contributed by atoms with E-state index in [0.29, 0.717) is 17.3 Å². The first kappa shape index (κ1) is 22.2. The SMILES string of the molecule is Cc1ccc(C2=C(Nc3ccc(N(C)C)cc3)C(=O)N(c3ccc(F)cc3F)C2=O)c(C)c1. The van der Waals surface area contributed by atoms with Gasteiger partial charge in [-0.05, 0) is 61.4 Å². The lowest BCUT2D eigenvalue weighted by Gasteiger charge is -2.16. The van der Waals surface area contributed by atoms with Crippen molar-refractivity contribution in [2.24, 2.45) is 0 Å². The maximum atomic E-state index is 14.6. The van der Waals surface area contributed by atoms with Crippen LogP contribution in [0.3, 0.4) is 0 Å². The van der Waals surface area contributed by atoms with Crippen LogP contribution in [0.1, 0.15) is 16.7 Å². The van der Waals surface area contributed by atoms with Gasteiger partial charge in [-0.15, -0.1) is 0 Å². The highest BCUT2D eigenvalue weighted by atomic mass is 19.1. The molecule has 3 aromatic rings. The minimum atomic E-state index is -0.992. The van der Waals surface area contributed by atoms with Gasteiger partial charge in [0.25, 0.3) is 11.8 Å². The molecule has 1 aliphatic heterocycles. The molecule has 0 saturated carbocycles. The maximum absolute atomic E-state index is 14.6. The Bertz CT molecular complexity index is 1300. The van der Waals surface area contributed by atoms with E-state index in [0.717, 1.165) is 33.8 Å². The van der Waals surface area contributed by atoms with E-state index in [9.17, 15) is 18.4 Å². The van der Waals surface area contributed by atoms with Crippen LogP contribution in [0.25, 0.3) is 5.57 Å². The summed E-state index contributed by atoms with van der Waals surface area (Å²) in [4.78, 5) is 29.6. The van der Waals surface area contributed by atoms with E-state index in [1.807, 2.05) is 57.1 Å². The molecule has 0 aliphatic carbocycles. The predicted molar refractivity (Wildman–Crippen MR) is 126 cm³/mol. The third-order valence-electron chi connectivity index (χ3n) is 5.54. The number of benzene rings is 3. The van der Waals surface area contributed by atoms with Gasteiger partial charge in [-0.3, -0.25) is 9.59 Å². The lowest BCUT2D eigenvalue weighted by Crippen LogP contribution is -2.33. The number of rotatable bonds is 5. The summed E-state index contributed by atoms with van der Waals surface area (Å²) in [5, 5.41) is 3.06. The average molecular weight is 447 g/mol. The van der Waals surface area contributed by atoms with Crippen LogP contribution in [-0.4, -0.2) is 25.9 Å². The van der Waals surface area contributed by atoms with Gasteiger partial charge in [-0.2, -0.15) is 0 Å². The van der Waals surface area contributed by atoms with Crippen molar-refractivity contribution < 1.29 is 18.4 Å². The molecule has 7 heteroatoms. The number of imide groups is 1. The Morgan fingerprint density at radius 2 is 1.55 bits per heavy atom. The van der Waals surface area contributed by atoms with Gasteiger partial charge >= 0.3 is 0 Å². The Balaban J connectivity index is 1.83. The van der Waals surface area contributed by atoms with Crippen LogP contribution in [-0.2, 0) is 9.59 Å². The van der Waals surface area contributed by atoms with E-state index in [4.69, 9.17) is 0 Å². The molecule has 0 spiro atoms. The minimum absolute atomic E-state index is 0.0354. The van der Waals surface area contributed by atoms with Crippen molar-refractivity contribution in [1.29, 1.82) is 0 Å². The molecule has 0 atom stereocenters. The van der Waals surface area contributed by atoms with E-state index in [2.05, 4.69) is 5.32 Å². The monoisotopic (exact) mass is 447 g/mol. The number of hydrogen-bond donors (Lipinski definition) is 1. The molecule has 0 aromatic heterocycles. The van der Waals surface area contributed by atoms with Crippen molar-refractivity contribution >= 4 is 34.4 Å². The summed E-state index contributed by atoms with van der Waals surface area (Å²) in [5.41, 5.74) is 3.81. The van der Waals surface area contributed by atoms with Crippen molar-refractivity contribution in [2.45, 2.75) is 13.8 Å². The molecule has 0 bridgehead atoms. The largest absolute Gasteiger partial charge is 0.378 e. The van der Waals surface area contributed by atoms with Crippen molar-refractivity contribution in [3.8, 4) is 0 Å². The molecule has 0 saturated heterocycles. The lowest BCUT2D eigenvalue weighted by molar-refractivity contribution is -0.120. The second kappa shape index (κ2) is 8.50. The number of anilines is 3. The zero-order valence-electron chi connectivity index (χ0n) is 18.7. The molecule has 1 N–H and O–H groups in total. The molecular weight excluding hydrogens is 424 g/mol. The molecule has 1 aliphatic rings. The van der Waals surface area contributed by atoms with Crippen LogP contribution in [0.2, 0.25) is 0 Å². The Morgan fingerprint density at radius 1 is 0.848 bits per heavy atom. The normalized spacial score (nSPS) is 13.7. The molecule has 168 valence electrons. The average Bonchev–Trinajstić information content (AvgIpc) is 2.99. The van der Waals surface area contributed by atoms with E-state index in [-0.39, 0.29) is 17.0 Å². The van der Waals surface area contributed by atoms with E-state index in [1.165, 1.54) is 0 Å². The topological polar surface area (TPSA) is 52.7 Å². The zero-order valence-corrected chi connectivity index (χ0v) is 18.7. The van der Waals surface area contributed by atoms with E-state index in [1.54, 1.807) is 18.2 Å². The van der Waals surface area contributed by atoms with Gasteiger partial charge in [0.1, 0.15) is 17.3 Å². The highest BCUT2D eigenvalue weighted by Gasteiger charge is 2.41. The van der Waals surface area contributed by atoms with Crippen molar-refractivity contribution in [3.63, 3.8) is 0 Å². The summed E-state index contributed by atoms with van der Waals surface area (Å²) in [7, 11) is 3.83. The Kier molecular flexibility index (Phi) is 5.72. The summed E-state index contributed by atoms with van der Waals surface area (Å²) in [6.07, 6.45) is 0. The first-order valence-electron chi connectivity index (χ1n) is 10.4. The number of amides is 2. The molecule has 0 unspecified atom stereocenters. The fraction of sp³-hybridized carbons (Fsp3) is 0.154. The number of hydrogen-bond acceptors (Lipinski definition) is 4. The summed E-state index contributed by atoms with van der Waals surface area (Å²) < 4.78 is 28.0. The summed E-state index contributed by atoms with van der Waals surface area (Å²) in [6.45, 7) is 3.77. The summed E-state index contributed by atoms with van der Waals surface area (Å²) >= 11 is 0. The first-order chi connectivity index (χ1) is 15.7. The molecular formula is C26H23F2N3O2. The van der Waals surface area contributed by atoms with Gasteiger partial charge in [0.05, 0.1) is 11.3 Å². The van der Waals surface area contributed by atoms with Crippen molar-refractivity contribution in [1.82, 2.24) is 0 Å². The maximum Gasteiger partial charge on any atom is 0.282 e. The van der Waals surface area contributed by atoms with Crippen LogP contribution >= 0.6 is 0 Å². The number of carbonyl (C=O) groups is 2. The third kappa shape index (κ3) is 4.09. The number of nitrogens with zero attached hydrogens (tertiary/aromatic N) is 2. The molecule has 5 nitrogen and oxygen atoms in total. The smallest absolute Gasteiger partial charge is 0.282 e. The highest BCUT2D eigenvalue weighted by Crippen LogP contribution is 2.36. The van der Waals surface area contributed by atoms with Crippen molar-refractivity contribution in [3.05, 3.63) is 94.7 Å².